The molecule has 3 N–H and O–H groups in total. The van der Waals surface area contributed by atoms with Crippen molar-refractivity contribution in [3.63, 3.8) is 0 Å². The van der Waals surface area contributed by atoms with E-state index in [4.69, 9.17) is 10.5 Å². The lowest BCUT2D eigenvalue weighted by Gasteiger charge is -2.23. The van der Waals surface area contributed by atoms with Crippen LogP contribution < -0.4 is 11.1 Å². The summed E-state index contributed by atoms with van der Waals surface area (Å²) < 4.78 is 57.2. The number of carbonyl (C=O) groups excluding carboxylic acids is 1. The Labute approximate surface area is 132 Å². The van der Waals surface area contributed by atoms with Crippen LogP contribution in [0.5, 0.6) is 0 Å². The molecule has 0 saturated heterocycles. The van der Waals surface area contributed by atoms with Gasteiger partial charge in [-0.2, -0.15) is 13.2 Å². The van der Waals surface area contributed by atoms with Crippen molar-refractivity contribution in [3.8, 4) is 0 Å². The molecule has 4 nitrogen and oxygen atoms in total. The number of nitrogens with one attached hydrogen (secondary N) is 1. The molecule has 0 heterocycles. The minimum Gasteiger partial charge on any atom is -0.444 e. The standard InChI is InChI=1S/C15H20F4N2O2/c1-14(2,3)23-13(22)21-8-9(7-20)11-5-4-10(16)6-12(11)15(17,18)19/h4-6,9H,7-8,20H2,1-3H3,(H,21,22). The first-order chi connectivity index (χ1) is 10.4. The van der Waals surface area contributed by atoms with Gasteiger partial charge in [-0.05, 0) is 38.5 Å². The number of amides is 1. The number of benzene rings is 1. The predicted molar refractivity (Wildman–Crippen MR) is 77.4 cm³/mol. The van der Waals surface area contributed by atoms with Crippen molar-refractivity contribution >= 4 is 6.09 Å². The molecule has 0 aromatic heterocycles. The fraction of sp³-hybridized carbons (Fsp3) is 0.533. The van der Waals surface area contributed by atoms with E-state index in [2.05, 4.69) is 5.32 Å². The van der Waals surface area contributed by atoms with E-state index in [1.165, 1.54) is 0 Å². The summed E-state index contributed by atoms with van der Waals surface area (Å²) in [4.78, 5) is 11.6. The highest BCUT2D eigenvalue weighted by molar-refractivity contribution is 5.67. The Balaban J connectivity index is 2.93. The second-order valence-corrected chi connectivity index (χ2v) is 6.04. The van der Waals surface area contributed by atoms with Crippen LogP contribution in [0.15, 0.2) is 18.2 Å². The molecule has 0 bridgehead atoms. The normalized spacial score (nSPS) is 13.6. The Hall–Kier alpha value is -1.83. The first-order valence-corrected chi connectivity index (χ1v) is 6.97. The Kier molecular flexibility index (Phi) is 5.98. The molecular weight excluding hydrogens is 316 g/mol. The van der Waals surface area contributed by atoms with Gasteiger partial charge < -0.3 is 15.8 Å². The van der Waals surface area contributed by atoms with Crippen molar-refractivity contribution in [2.24, 2.45) is 5.73 Å². The van der Waals surface area contributed by atoms with Crippen LogP contribution in [0.25, 0.3) is 0 Å². The lowest BCUT2D eigenvalue weighted by Crippen LogP contribution is -2.36. The molecule has 0 spiro atoms. The molecule has 0 aliphatic carbocycles. The van der Waals surface area contributed by atoms with Gasteiger partial charge in [0.25, 0.3) is 0 Å². The van der Waals surface area contributed by atoms with E-state index in [0.29, 0.717) is 6.07 Å². The summed E-state index contributed by atoms with van der Waals surface area (Å²) in [5.41, 5.74) is 3.52. The van der Waals surface area contributed by atoms with Gasteiger partial charge in [0.2, 0.25) is 0 Å². The number of carbonyl (C=O) groups is 1. The van der Waals surface area contributed by atoms with Crippen LogP contribution in [-0.4, -0.2) is 24.8 Å². The maximum Gasteiger partial charge on any atom is 0.416 e. The maximum atomic E-state index is 13.1. The van der Waals surface area contributed by atoms with Crippen LogP contribution in [0.4, 0.5) is 22.4 Å². The van der Waals surface area contributed by atoms with Gasteiger partial charge >= 0.3 is 12.3 Å². The van der Waals surface area contributed by atoms with Gasteiger partial charge in [-0.3, -0.25) is 0 Å². The van der Waals surface area contributed by atoms with E-state index in [1.54, 1.807) is 20.8 Å². The number of halogens is 4. The molecule has 1 unspecified atom stereocenters. The number of alkyl carbamates (subject to hydrolysis) is 1. The first kappa shape index (κ1) is 19.2. The van der Waals surface area contributed by atoms with Crippen LogP contribution in [0.3, 0.4) is 0 Å². The Morgan fingerprint density at radius 1 is 1.30 bits per heavy atom. The summed E-state index contributed by atoms with van der Waals surface area (Å²) in [6.07, 6.45) is -5.47. The largest absolute Gasteiger partial charge is 0.444 e. The monoisotopic (exact) mass is 336 g/mol. The molecule has 1 rings (SSSR count). The van der Waals surface area contributed by atoms with E-state index in [0.717, 1.165) is 12.1 Å². The Morgan fingerprint density at radius 3 is 2.39 bits per heavy atom. The molecule has 1 amide bonds. The SMILES string of the molecule is CC(C)(C)OC(=O)NCC(CN)c1ccc(F)cc1C(F)(F)F. The second kappa shape index (κ2) is 7.16. The number of nitrogens with two attached hydrogens (primary N) is 1. The summed E-state index contributed by atoms with van der Waals surface area (Å²) in [5, 5.41) is 2.38. The number of ether oxygens (including phenoxy) is 1. The van der Waals surface area contributed by atoms with E-state index >= 15 is 0 Å². The van der Waals surface area contributed by atoms with E-state index < -0.39 is 35.2 Å². The molecule has 23 heavy (non-hydrogen) atoms. The predicted octanol–water partition coefficient (Wildman–Crippen LogP) is 3.41. The number of alkyl halides is 3. The van der Waals surface area contributed by atoms with Gasteiger partial charge in [0.05, 0.1) is 5.56 Å². The maximum absolute atomic E-state index is 13.1. The van der Waals surface area contributed by atoms with Crippen LogP contribution in [0.2, 0.25) is 0 Å². The third-order valence-electron chi connectivity index (χ3n) is 2.94. The zero-order valence-corrected chi connectivity index (χ0v) is 13.1. The van der Waals surface area contributed by atoms with Crippen LogP contribution in [0.1, 0.15) is 37.8 Å². The van der Waals surface area contributed by atoms with Crippen molar-refractivity contribution < 1.29 is 27.1 Å². The highest BCUT2D eigenvalue weighted by Crippen LogP contribution is 2.35. The smallest absolute Gasteiger partial charge is 0.416 e. The van der Waals surface area contributed by atoms with Crippen LogP contribution in [0, 0.1) is 5.82 Å². The van der Waals surface area contributed by atoms with E-state index in [1.807, 2.05) is 0 Å². The van der Waals surface area contributed by atoms with E-state index in [9.17, 15) is 22.4 Å². The molecule has 1 aromatic carbocycles. The minimum absolute atomic E-state index is 0.148. The number of rotatable bonds is 4. The van der Waals surface area contributed by atoms with Crippen molar-refractivity contribution in [2.45, 2.75) is 38.5 Å². The average molecular weight is 336 g/mol. The molecule has 0 fully saturated rings. The topological polar surface area (TPSA) is 64.3 Å². The second-order valence-electron chi connectivity index (χ2n) is 6.04. The molecule has 0 aliphatic rings. The molecule has 0 radical (unpaired) electrons. The minimum atomic E-state index is -4.71. The van der Waals surface area contributed by atoms with Gasteiger partial charge in [-0.15, -0.1) is 0 Å². The third-order valence-corrected chi connectivity index (χ3v) is 2.94. The van der Waals surface area contributed by atoms with Gasteiger partial charge in [0.15, 0.2) is 0 Å². The summed E-state index contributed by atoms with van der Waals surface area (Å²) in [6, 6.07) is 2.39. The molecule has 1 atom stereocenters. The third kappa shape index (κ3) is 6.05. The molecule has 0 aliphatic heterocycles. The Morgan fingerprint density at radius 2 is 1.91 bits per heavy atom. The summed E-state index contributed by atoms with van der Waals surface area (Å²) in [5.74, 6) is -1.81. The molecule has 8 heteroatoms. The quantitative estimate of drug-likeness (QED) is 0.828. The average Bonchev–Trinajstić information content (AvgIpc) is 2.37. The van der Waals surface area contributed by atoms with Crippen molar-refractivity contribution in [2.75, 3.05) is 13.1 Å². The van der Waals surface area contributed by atoms with Crippen molar-refractivity contribution in [3.05, 3.63) is 35.1 Å². The molecular formula is C15H20F4N2O2. The Bertz CT molecular complexity index is 553. The highest BCUT2D eigenvalue weighted by Gasteiger charge is 2.35. The molecule has 0 saturated carbocycles. The molecule has 130 valence electrons. The highest BCUT2D eigenvalue weighted by atomic mass is 19.4. The molecule has 1 aromatic rings. The number of hydrogen-bond donors (Lipinski definition) is 2. The summed E-state index contributed by atoms with van der Waals surface area (Å²) in [7, 11) is 0. The van der Waals surface area contributed by atoms with E-state index in [-0.39, 0.29) is 18.7 Å². The van der Waals surface area contributed by atoms with Gasteiger partial charge in [-0.25, -0.2) is 9.18 Å². The fourth-order valence-corrected chi connectivity index (χ4v) is 1.97. The van der Waals surface area contributed by atoms with Crippen molar-refractivity contribution in [1.29, 1.82) is 0 Å². The van der Waals surface area contributed by atoms with Crippen LogP contribution in [-0.2, 0) is 10.9 Å². The zero-order valence-electron chi connectivity index (χ0n) is 13.1. The van der Waals surface area contributed by atoms with Crippen molar-refractivity contribution in [1.82, 2.24) is 5.32 Å². The van der Waals surface area contributed by atoms with Gasteiger partial charge in [0.1, 0.15) is 11.4 Å². The number of hydrogen-bond acceptors (Lipinski definition) is 3. The first-order valence-electron chi connectivity index (χ1n) is 6.97. The van der Waals surface area contributed by atoms with Crippen LogP contribution >= 0.6 is 0 Å². The lowest BCUT2D eigenvalue weighted by molar-refractivity contribution is -0.138. The fourth-order valence-electron chi connectivity index (χ4n) is 1.97. The zero-order chi connectivity index (χ0) is 17.8. The lowest BCUT2D eigenvalue weighted by atomic mass is 9.93. The summed E-state index contributed by atoms with van der Waals surface area (Å²) in [6.45, 7) is 4.68. The van der Waals surface area contributed by atoms with Gasteiger partial charge in [-0.1, -0.05) is 6.07 Å². The van der Waals surface area contributed by atoms with Gasteiger partial charge in [0, 0.05) is 19.0 Å². The summed E-state index contributed by atoms with van der Waals surface area (Å²) >= 11 is 0.